The van der Waals surface area contributed by atoms with Crippen LogP contribution in [-0.2, 0) is 18.3 Å². The van der Waals surface area contributed by atoms with Crippen LogP contribution < -0.4 is 0 Å². The van der Waals surface area contributed by atoms with Gasteiger partial charge in [0, 0.05) is 11.1 Å². The maximum absolute atomic E-state index is 11.4. The fraction of sp³-hybridized carbons (Fsp3) is 0.667. The Bertz CT molecular complexity index is 645. The minimum atomic E-state index is -0.0648. The van der Waals surface area contributed by atoms with Gasteiger partial charge in [-0.3, -0.25) is 0 Å². The van der Waals surface area contributed by atoms with Crippen LogP contribution in [0.25, 0.3) is 5.57 Å². The molecular formula is C24H38O. The minimum absolute atomic E-state index is 0.0648. The Balaban J connectivity index is 2.93. The highest BCUT2D eigenvalue weighted by atomic mass is 16.3. The van der Waals surface area contributed by atoms with E-state index in [9.17, 15) is 5.11 Å². The summed E-state index contributed by atoms with van der Waals surface area (Å²) in [6.07, 6.45) is 6.55. The number of benzene rings is 1. The van der Waals surface area contributed by atoms with Crippen LogP contribution in [0.15, 0.2) is 6.58 Å². The first-order chi connectivity index (χ1) is 11.7. The maximum Gasteiger partial charge on any atom is 0.123 e. The van der Waals surface area contributed by atoms with Gasteiger partial charge in [0.2, 0.25) is 0 Å². The molecule has 1 nitrogen and oxygen atoms in total. The van der Waals surface area contributed by atoms with E-state index in [1.165, 1.54) is 40.7 Å². The van der Waals surface area contributed by atoms with Crippen LogP contribution in [0, 0.1) is 5.92 Å². The van der Waals surface area contributed by atoms with Gasteiger partial charge in [-0.1, -0.05) is 61.5 Å². The molecule has 0 aliphatic heterocycles. The van der Waals surface area contributed by atoms with Crippen molar-refractivity contribution in [2.45, 2.75) is 98.3 Å². The van der Waals surface area contributed by atoms with Gasteiger partial charge in [-0.25, -0.2) is 0 Å². The van der Waals surface area contributed by atoms with Crippen LogP contribution in [-0.4, -0.2) is 5.11 Å². The molecule has 0 bridgehead atoms. The number of phenolic OH excluding ortho intramolecular Hbond substituents is 1. The molecule has 0 aromatic heterocycles. The van der Waals surface area contributed by atoms with Gasteiger partial charge in [0.25, 0.3) is 0 Å². The van der Waals surface area contributed by atoms with Gasteiger partial charge in [0.1, 0.15) is 5.75 Å². The highest BCUT2D eigenvalue weighted by Gasteiger charge is 2.36. The second kappa shape index (κ2) is 7.56. The third-order valence-corrected chi connectivity index (χ3v) is 6.28. The zero-order valence-corrected chi connectivity index (χ0v) is 17.6. The number of allylic oxidation sites excluding steroid dienone is 1. The molecule has 0 radical (unpaired) electrons. The third kappa shape index (κ3) is 3.39. The van der Waals surface area contributed by atoms with Crippen molar-refractivity contribution >= 4 is 5.57 Å². The van der Waals surface area contributed by atoms with E-state index in [-0.39, 0.29) is 5.41 Å². The molecular weight excluding hydrogens is 304 g/mol. The predicted molar refractivity (Wildman–Crippen MR) is 111 cm³/mol. The molecule has 0 saturated heterocycles. The van der Waals surface area contributed by atoms with Gasteiger partial charge >= 0.3 is 0 Å². The van der Waals surface area contributed by atoms with Crippen LogP contribution in [0.4, 0.5) is 0 Å². The second-order valence-electron chi connectivity index (χ2n) is 8.75. The number of hydrogen-bond donors (Lipinski definition) is 1. The number of phenols is 1. The molecule has 25 heavy (non-hydrogen) atoms. The van der Waals surface area contributed by atoms with Crippen molar-refractivity contribution < 1.29 is 5.11 Å². The molecule has 0 heterocycles. The first-order valence-electron chi connectivity index (χ1n) is 10.3. The molecule has 1 heteroatoms. The summed E-state index contributed by atoms with van der Waals surface area (Å²) in [5, 5.41) is 11.4. The summed E-state index contributed by atoms with van der Waals surface area (Å²) in [4.78, 5) is 0. The Kier molecular flexibility index (Phi) is 6.07. The highest BCUT2D eigenvalue weighted by molar-refractivity contribution is 5.75. The van der Waals surface area contributed by atoms with Crippen molar-refractivity contribution in [1.82, 2.24) is 0 Å². The van der Waals surface area contributed by atoms with E-state index in [0.29, 0.717) is 17.6 Å². The molecule has 2 rings (SSSR count). The lowest BCUT2D eigenvalue weighted by molar-refractivity contribution is 0.334. The zero-order chi connectivity index (χ0) is 18.9. The summed E-state index contributed by atoms with van der Waals surface area (Å²) in [7, 11) is 0. The van der Waals surface area contributed by atoms with Gasteiger partial charge in [0.05, 0.1) is 0 Å². The zero-order valence-electron chi connectivity index (χ0n) is 17.6. The molecule has 2 unspecified atom stereocenters. The fourth-order valence-electron chi connectivity index (χ4n) is 5.08. The molecule has 1 aliphatic rings. The summed E-state index contributed by atoms with van der Waals surface area (Å²) in [6, 6.07) is 0. The number of aromatic hydroxyl groups is 1. The monoisotopic (exact) mass is 342 g/mol. The number of rotatable bonds is 5. The molecule has 1 N–H and O–H groups in total. The maximum atomic E-state index is 11.4. The SMILES string of the molecule is C=C(CC)c1c2c(c(O)c(C(C)(C)C)c1CC)C(CC)C(CC)CC2. The Morgan fingerprint density at radius 2 is 1.76 bits per heavy atom. The van der Waals surface area contributed by atoms with Crippen LogP contribution in [0.2, 0.25) is 0 Å². The van der Waals surface area contributed by atoms with Crippen molar-refractivity contribution in [2.24, 2.45) is 5.92 Å². The Hall–Kier alpha value is -1.24. The lowest BCUT2D eigenvalue weighted by Crippen LogP contribution is -2.25. The van der Waals surface area contributed by atoms with E-state index in [2.05, 4.69) is 55.0 Å². The van der Waals surface area contributed by atoms with Gasteiger partial charge in [-0.2, -0.15) is 0 Å². The topological polar surface area (TPSA) is 20.2 Å². The molecule has 0 amide bonds. The van der Waals surface area contributed by atoms with Gasteiger partial charge in [-0.05, 0) is 71.6 Å². The van der Waals surface area contributed by atoms with Crippen molar-refractivity contribution in [3.05, 3.63) is 34.4 Å². The second-order valence-corrected chi connectivity index (χ2v) is 8.75. The normalized spacial score (nSPS) is 20.4. The highest BCUT2D eigenvalue weighted by Crippen LogP contribution is 2.51. The minimum Gasteiger partial charge on any atom is -0.507 e. The van der Waals surface area contributed by atoms with Crippen molar-refractivity contribution in [2.75, 3.05) is 0 Å². The van der Waals surface area contributed by atoms with Gasteiger partial charge in [-0.15, -0.1) is 0 Å². The van der Waals surface area contributed by atoms with Crippen molar-refractivity contribution in [3.8, 4) is 5.75 Å². The van der Waals surface area contributed by atoms with E-state index >= 15 is 0 Å². The Morgan fingerprint density at radius 3 is 2.20 bits per heavy atom. The summed E-state index contributed by atoms with van der Waals surface area (Å²) < 4.78 is 0. The molecule has 1 aliphatic carbocycles. The lowest BCUT2D eigenvalue weighted by atomic mass is 9.66. The molecule has 1 aromatic rings. The van der Waals surface area contributed by atoms with Gasteiger partial charge in [0.15, 0.2) is 0 Å². The van der Waals surface area contributed by atoms with Crippen LogP contribution in [0.3, 0.4) is 0 Å². The summed E-state index contributed by atoms with van der Waals surface area (Å²) in [5.74, 6) is 1.76. The smallest absolute Gasteiger partial charge is 0.123 e. The lowest BCUT2D eigenvalue weighted by Gasteiger charge is -2.38. The Labute approximate surface area is 155 Å². The van der Waals surface area contributed by atoms with E-state index in [1.807, 2.05) is 0 Å². The average Bonchev–Trinajstić information content (AvgIpc) is 2.58. The molecule has 0 saturated carbocycles. The quantitative estimate of drug-likeness (QED) is 0.603. The standard InChI is InChI=1S/C24H38O/c1-9-15(5)20-18(12-4)22(24(6,7)8)23(25)21-17(11-3)16(10-2)13-14-19(20)21/h16-17,25H,5,9-14H2,1-4,6-8H3. The molecule has 0 spiro atoms. The Morgan fingerprint density at radius 1 is 1.12 bits per heavy atom. The van der Waals surface area contributed by atoms with E-state index in [1.54, 1.807) is 0 Å². The summed E-state index contributed by atoms with van der Waals surface area (Å²) >= 11 is 0. The predicted octanol–water partition coefficient (Wildman–Crippen LogP) is 7.14. The largest absolute Gasteiger partial charge is 0.507 e. The molecule has 2 atom stereocenters. The third-order valence-electron chi connectivity index (χ3n) is 6.28. The first kappa shape index (κ1) is 20.1. The van der Waals surface area contributed by atoms with Crippen LogP contribution in [0.1, 0.15) is 108 Å². The summed E-state index contributed by atoms with van der Waals surface area (Å²) in [6.45, 7) is 20.1. The fourth-order valence-corrected chi connectivity index (χ4v) is 5.08. The average molecular weight is 343 g/mol. The van der Waals surface area contributed by atoms with Crippen LogP contribution >= 0.6 is 0 Å². The molecule has 0 fully saturated rings. The van der Waals surface area contributed by atoms with E-state index in [0.717, 1.165) is 31.2 Å². The van der Waals surface area contributed by atoms with Crippen LogP contribution in [0.5, 0.6) is 5.75 Å². The van der Waals surface area contributed by atoms with Crippen molar-refractivity contribution in [1.29, 1.82) is 0 Å². The molecule has 1 aromatic carbocycles. The van der Waals surface area contributed by atoms with E-state index in [4.69, 9.17) is 0 Å². The molecule has 140 valence electrons. The van der Waals surface area contributed by atoms with Crippen molar-refractivity contribution in [3.63, 3.8) is 0 Å². The number of fused-ring (bicyclic) bond motifs is 1. The van der Waals surface area contributed by atoms with Gasteiger partial charge < -0.3 is 5.11 Å². The first-order valence-corrected chi connectivity index (χ1v) is 10.3. The summed E-state index contributed by atoms with van der Waals surface area (Å²) in [5.41, 5.74) is 7.72. The van der Waals surface area contributed by atoms with E-state index < -0.39 is 0 Å². The number of hydrogen-bond acceptors (Lipinski definition) is 1.